The number of hydrogen-bond acceptors (Lipinski definition) is 1. The second-order valence-corrected chi connectivity index (χ2v) is 8.14. The normalized spacial score (nSPS) is 37.7. The van der Waals surface area contributed by atoms with Gasteiger partial charge in [0.15, 0.2) is 0 Å². The highest BCUT2D eigenvalue weighted by molar-refractivity contribution is 5.12. The molecule has 0 aromatic carbocycles. The van der Waals surface area contributed by atoms with Gasteiger partial charge in [-0.3, -0.25) is 0 Å². The first-order valence-corrected chi connectivity index (χ1v) is 8.70. The van der Waals surface area contributed by atoms with Crippen LogP contribution in [0.2, 0.25) is 0 Å². The third-order valence-electron chi connectivity index (χ3n) is 6.22. The summed E-state index contributed by atoms with van der Waals surface area (Å²) in [5, 5.41) is 4.11. The van der Waals surface area contributed by atoms with Gasteiger partial charge >= 0.3 is 0 Å². The summed E-state index contributed by atoms with van der Waals surface area (Å²) in [5.41, 5.74) is 1.08. The van der Waals surface area contributed by atoms with Crippen LogP contribution in [0.5, 0.6) is 0 Å². The zero-order valence-electron chi connectivity index (χ0n) is 13.9. The van der Waals surface area contributed by atoms with Crippen molar-refractivity contribution in [3.05, 3.63) is 0 Å². The van der Waals surface area contributed by atoms with Crippen molar-refractivity contribution in [2.75, 3.05) is 0 Å². The van der Waals surface area contributed by atoms with Gasteiger partial charge in [-0.05, 0) is 48.9 Å². The second-order valence-electron chi connectivity index (χ2n) is 8.14. The molecule has 1 heteroatoms. The lowest BCUT2D eigenvalue weighted by Crippen LogP contribution is -2.53. The van der Waals surface area contributed by atoms with Gasteiger partial charge in [-0.25, -0.2) is 0 Å². The van der Waals surface area contributed by atoms with E-state index in [0.717, 1.165) is 18.0 Å². The van der Waals surface area contributed by atoms with Crippen molar-refractivity contribution in [1.29, 1.82) is 0 Å². The minimum Gasteiger partial charge on any atom is -0.310 e. The Morgan fingerprint density at radius 3 is 2.37 bits per heavy atom. The molecule has 0 aromatic heterocycles. The van der Waals surface area contributed by atoms with Crippen molar-refractivity contribution in [2.45, 2.75) is 98.1 Å². The molecule has 0 heterocycles. The maximum atomic E-state index is 4.11. The highest BCUT2D eigenvalue weighted by Gasteiger charge is 2.59. The van der Waals surface area contributed by atoms with Gasteiger partial charge in [-0.2, -0.15) is 0 Å². The van der Waals surface area contributed by atoms with E-state index in [-0.39, 0.29) is 0 Å². The first kappa shape index (κ1) is 15.4. The van der Waals surface area contributed by atoms with Crippen molar-refractivity contribution in [1.82, 2.24) is 5.32 Å². The molecule has 2 saturated carbocycles. The molecule has 4 atom stereocenters. The van der Waals surface area contributed by atoms with Crippen molar-refractivity contribution < 1.29 is 0 Å². The summed E-state index contributed by atoms with van der Waals surface area (Å²) in [6, 6.07) is 1.50. The van der Waals surface area contributed by atoms with Crippen LogP contribution in [-0.2, 0) is 0 Å². The van der Waals surface area contributed by atoms with E-state index in [2.05, 4.69) is 39.9 Å². The molecular formula is C18H35N. The Morgan fingerprint density at radius 2 is 1.84 bits per heavy atom. The van der Waals surface area contributed by atoms with Gasteiger partial charge in [0.2, 0.25) is 0 Å². The predicted molar refractivity (Wildman–Crippen MR) is 84.4 cm³/mol. The number of fused-ring (bicyclic) bond motifs is 2. The Labute approximate surface area is 120 Å². The van der Waals surface area contributed by atoms with Crippen LogP contribution < -0.4 is 5.32 Å². The number of hydrogen-bond donors (Lipinski definition) is 1. The zero-order chi connectivity index (χ0) is 14.1. The Morgan fingerprint density at radius 1 is 1.11 bits per heavy atom. The van der Waals surface area contributed by atoms with Gasteiger partial charge in [-0.1, -0.05) is 53.9 Å². The predicted octanol–water partition coefficient (Wildman–Crippen LogP) is 5.15. The van der Waals surface area contributed by atoms with E-state index >= 15 is 0 Å². The fourth-order valence-electron chi connectivity index (χ4n) is 5.06. The molecule has 0 aromatic rings. The third kappa shape index (κ3) is 2.86. The summed E-state index contributed by atoms with van der Waals surface area (Å²) < 4.78 is 0. The Hall–Kier alpha value is -0.0400. The summed E-state index contributed by atoms with van der Waals surface area (Å²) in [6.45, 7) is 12.2. The molecule has 2 aliphatic carbocycles. The van der Waals surface area contributed by atoms with Crippen LogP contribution in [-0.4, -0.2) is 12.1 Å². The van der Waals surface area contributed by atoms with Crippen molar-refractivity contribution in [2.24, 2.45) is 16.7 Å². The molecule has 2 rings (SSSR count). The van der Waals surface area contributed by atoms with E-state index in [0.29, 0.717) is 10.8 Å². The van der Waals surface area contributed by atoms with Crippen LogP contribution in [0.25, 0.3) is 0 Å². The molecule has 112 valence electrons. The third-order valence-corrected chi connectivity index (χ3v) is 6.22. The Balaban J connectivity index is 2.03. The first-order valence-electron chi connectivity index (χ1n) is 8.70. The highest BCUT2D eigenvalue weighted by Crippen LogP contribution is 2.62. The zero-order valence-corrected chi connectivity index (χ0v) is 13.9. The molecule has 2 fully saturated rings. The van der Waals surface area contributed by atoms with Gasteiger partial charge in [0.05, 0.1) is 0 Å². The van der Waals surface area contributed by atoms with Gasteiger partial charge < -0.3 is 5.32 Å². The average Bonchev–Trinajstić information content (AvgIpc) is 2.82. The molecule has 2 aliphatic rings. The fourth-order valence-corrected chi connectivity index (χ4v) is 5.06. The topological polar surface area (TPSA) is 12.0 Å². The van der Waals surface area contributed by atoms with E-state index in [1.54, 1.807) is 0 Å². The summed E-state index contributed by atoms with van der Waals surface area (Å²) in [4.78, 5) is 0. The van der Waals surface area contributed by atoms with Crippen molar-refractivity contribution in [3.8, 4) is 0 Å². The van der Waals surface area contributed by atoms with Crippen LogP contribution >= 0.6 is 0 Å². The van der Waals surface area contributed by atoms with Crippen LogP contribution in [0, 0.1) is 16.7 Å². The van der Waals surface area contributed by atoms with Crippen LogP contribution in [0.1, 0.15) is 86.0 Å². The smallest absolute Gasteiger partial charge is 0.0177 e. The maximum Gasteiger partial charge on any atom is 0.0177 e. The molecule has 2 bridgehead atoms. The molecule has 0 saturated heterocycles. The minimum absolute atomic E-state index is 0.505. The summed E-state index contributed by atoms with van der Waals surface area (Å²) in [6.07, 6.45) is 11.1. The SMILES string of the molecule is CCCCC(CCC)NC1C2(C)CCC(C2)C1(C)C. The molecule has 0 aliphatic heterocycles. The molecule has 0 amide bonds. The first-order chi connectivity index (χ1) is 8.94. The molecule has 19 heavy (non-hydrogen) atoms. The summed E-state index contributed by atoms with van der Waals surface area (Å²) >= 11 is 0. The van der Waals surface area contributed by atoms with Gasteiger partial charge in [0.25, 0.3) is 0 Å². The van der Waals surface area contributed by atoms with Crippen molar-refractivity contribution >= 4 is 0 Å². The molecule has 0 radical (unpaired) electrons. The average molecular weight is 265 g/mol. The monoisotopic (exact) mass is 265 g/mol. The molecule has 1 N–H and O–H groups in total. The van der Waals surface area contributed by atoms with Gasteiger partial charge in [-0.15, -0.1) is 0 Å². The standard InChI is InChI=1S/C18H35N/c1-6-8-10-15(9-7-2)19-16-17(3,4)14-11-12-18(16,5)13-14/h14-16,19H,6-13H2,1-5H3. The van der Waals surface area contributed by atoms with Gasteiger partial charge in [0.1, 0.15) is 0 Å². The van der Waals surface area contributed by atoms with Crippen LogP contribution in [0.15, 0.2) is 0 Å². The van der Waals surface area contributed by atoms with Crippen LogP contribution in [0.3, 0.4) is 0 Å². The quantitative estimate of drug-likeness (QED) is 0.671. The molecule has 0 spiro atoms. The molecule has 4 unspecified atom stereocenters. The maximum absolute atomic E-state index is 4.11. The number of unbranched alkanes of at least 4 members (excludes halogenated alkanes) is 1. The lowest BCUT2D eigenvalue weighted by Gasteiger charge is -2.45. The summed E-state index contributed by atoms with van der Waals surface area (Å²) in [7, 11) is 0. The number of nitrogens with one attached hydrogen (secondary N) is 1. The van der Waals surface area contributed by atoms with Crippen molar-refractivity contribution in [3.63, 3.8) is 0 Å². The Bertz CT molecular complexity index is 291. The van der Waals surface area contributed by atoms with E-state index in [4.69, 9.17) is 0 Å². The highest BCUT2D eigenvalue weighted by atomic mass is 15.0. The fraction of sp³-hybridized carbons (Fsp3) is 1.00. The van der Waals surface area contributed by atoms with E-state index in [9.17, 15) is 0 Å². The van der Waals surface area contributed by atoms with E-state index in [1.807, 2.05) is 0 Å². The largest absolute Gasteiger partial charge is 0.310 e. The van der Waals surface area contributed by atoms with Gasteiger partial charge in [0, 0.05) is 12.1 Å². The lowest BCUT2D eigenvalue weighted by molar-refractivity contribution is 0.0952. The summed E-state index contributed by atoms with van der Waals surface area (Å²) in [5.74, 6) is 0.962. The van der Waals surface area contributed by atoms with E-state index in [1.165, 1.54) is 51.4 Å². The lowest BCUT2D eigenvalue weighted by atomic mass is 9.68. The van der Waals surface area contributed by atoms with E-state index < -0.39 is 0 Å². The Kier molecular flexibility index (Phi) is 4.65. The molecule has 1 nitrogen and oxygen atoms in total. The second kappa shape index (κ2) is 5.76. The van der Waals surface area contributed by atoms with Crippen LogP contribution in [0.4, 0.5) is 0 Å². The molecular weight excluding hydrogens is 230 g/mol. The minimum atomic E-state index is 0.505. The number of rotatable bonds is 7.